The Kier molecular flexibility index (Phi) is 9.88. The predicted molar refractivity (Wildman–Crippen MR) is 96.1 cm³/mol. The van der Waals surface area contributed by atoms with Gasteiger partial charge in [-0.1, -0.05) is 46.5 Å². The number of unbranched alkanes of at least 4 members (excludes halogenated alkanes) is 3. The van der Waals surface area contributed by atoms with Gasteiger partial charge in [0.15, 0.2) is 5.69 Å². The molecule has 142 valence electrons. The van der Waals surface area contributed by atoms with Gasteiger partial charge in [-0.25, -0.2) is 9.78 Å². The molecule has 0 aromatic carbocycles. The molecule has 0 saturated heterocycles. The molecule has 0 radical (unpaired) electrons. The summed E-state index contributed by atoms with van der Waals surface area (Å²) < 4.78 is 10.0. The van der Waals surface area contributed by atoms with Crippen LogP contribution in [0.1, 0.15) is 82.1 Å². The zero-order chi connectivity index (χ0) is 18.7. The van der Waals surface area contributed by atoms with Gasteiger partial charge >= 0.3 is 5.97 Å². The van der Waals surface area contributed by atoms with Gasteiger partial charge < -0.3 is 14.1 Å². The standard InChI is InChI=1S/C19H32N2O4/c1-5-8-10-12-21(18(22)15(7-3)11-9-6-2)13-17-20-16(14-25-17)19(23)24-4/h14-15H,5-13H2,1-4H3/t15-/m0/s1. The quantitative estimate of drug-likeness (QED) is 0.416. The summed E-state index contributed by atoms with van der Waals surface area (Å²) in [6.07, 6.45) is 8.30. The monoisotopic (exact) mass is 352 g/mol. The fourth-order valence-corrected chi connectivity index (χ4v) is 2.78. The number of oxazole rings is 1. The van der Waals surface area contributed by atoms with E-state index in [1.54, 1.807) is 0 Å². The van der Waals surface area contributed by atoms with Crippen LogP contribution in [-0.4, -0.2) is 35.4 Å². The molecule has 0 N–H and O–H groups in total. The Morgan fingerprint density at radius 3 is 2.52 bits per heavy atom. The maximum Gasteiger partial charge on any atom is 0.360 e. The van der Waals surface area contributed by atoms with E-state index in [-0.39, 0.29) is 17.5 Å². The lowest BCUT2D eigenvalue weighted by Gasteiger charge is -2.26. The summed E-state index contributed by atoms with van der Waals surface area (Å²) in [6.45, 7) is 7.31. The Bertz CT molecular complexity index is 527. The van der Waals surface area contributed by atoms with E-state index >= 15 is 0 Å². The summed E-state index contributed by atoms with van der Waals surface area (Å²) in [5.41, 5.74) is 0.136. The average molecular weight is 352 g/mol. The van der Waals surface area contributed by atoms with Crippen LogP contribution in [0.5, 0.6) is 0 Å². The topological polar surface area (TPSA) is 72.6 Å². The van der Waals surface area contributed by atoms with E-state index in [0.29, 0.717) is 19.0 Å². The average Bonchev–Trinajstić information content (AvgIpc) is 3.09. The lowest BCUT2D eigenvalue weighted by Crippen LogP contribution is -2.36. The first-order chi connectivity index (χ1) is 12.1. The third-order valence-electron chi connectivity index (χ3n) is 4.36. The smallest absolute Gasteiger partial charge is 0.360 e. The van der Waals surface area contributed by atoms with Crippen LogP contribution in [0.4, 0.5) is 0 Å². The summed E-state index contributed by atoms with van der Waals surface area (Å²) >= 11 is 0. The van der Waals surface area contributed by atoms with Crippen molar-refractivity contribution >= 4 is 11.9 Å². The number of rotatable bonds is 12. The number of carbonyl (C=O) groups excluding carboxylic acids is 2. The van der Waals surface area contributed by atoms with Crippen LogP contribution in [0.25, 0.3) is 0 Å². The van der Waals surface area contributed by atoms with Crippen LogP contribution in [-0.2, 0) is 16.1 Å². The van der Waals surface area contributed by atoms with Crippen molar-refractivity contribution in [2.75, 3.05) is 13.7 Å². The first kappa shape index (κ1) is 21.2. The Hall–Kier alpha value is -1.85. The number of ether oxygens (including phenoxy) is 1. The maximum atomic E-state index is 12.9. The van der Waals surface area contributed by atoms with Crippen molar-refractivity contribution in [3.05, 3.63) is 17.8 Å². The summed E-state index contributed by atoms with van der Waals surface area (Å²) in [7, 11) is 1.30. The van der Waals surface area contributed by atoms with Crippen molar-refractivity contribution in [1.82, 2.24) is 9.88 Å². The summed E-state index contributed by atoms with van der Waals surface area (Å²) in [5.74, 6) is 0.0327. The molecule has 1 aromatic heterocycles. The van der Waals surface area contributed by atoms with Crippen molar-refractivity contribution in [2.24, 2.45) is 5.92 Å². The first-order valence-electron chi connectivity index (χ1n) is 9.38. The molecule has 1 amide bonds. The number of esters is 1. The van der Waals surface area contributed by atoms with E-state index in [2.05, 4.69) is 30.5 Å². The molecule has 25 heavy (non-hydrogen) atoms. The van der Waals surface area contributed by atoms with Crippen molar-refractivity contribution in [3.63, 3.8) is 0 Å². The second-order valence-corrected chi connectivity index (χ2v) is 6.33. The third kappa shape index (κ3) is 6.88. The fourth-order valence-electron chi connectivity index (χ4n) is 2.78. The van der Waals surface area contributed by atoms with E-state index in [0.717, 1.165) is 44.9 Å². The van der Waals surface area contributed by atoms with Crippen LogP contribution in [0.15, 0.2) is 10.7 Å². The van der Waals surface area contributed by atoms with Crippen molar-refractivity contribution < 1.29 is 18.7 Å². The molecule has 0 fully saturated rings. The van der Waals surface area contributed by atoms with Crippen LogP contribution in [0.3, 0.4) is 0 Å². The van der Waals surface area contributed by atoms with Gasteiger partial charge in [-0.3, -0.25) is 4.79 Å². The highest BCUT2D eigenvalue weighted by molar-refractivity contribution is 5.86. The summed E-state index contributed by atoms with van der Waals surface area (Å²) in [6, 6.07) is 0. The first-order valence-corrected chi connectivity index (χ1v) is 9.38. The molecule has 0 aliphatic carbocycles. The second-order valence-electron chi connectivity index (χ2n) is 6.33. The molecule has 0 spiro atoms. The van der Waals surface area contributed by atoms with Gasteiger partial charge in [0.1, 0.15) is 6.26 Å². The highest BCUT2D eigenvalue weighted by atomic mass is 16.5. The minimum atomic E-state index is -0.534. The molecule has 0 aliphatic heterocycles. The van der Waals surface area contributed by atoms with Crippen LogP contribution >= 0.6 is 0 Å². The maximum absolute atomic E-state index is 12.9. The van der Waals surface area contributed by atoms with E-state index in [1.165, 1.54) is 13.4 Å². The lowest BCUT2D eigenvalue weighted by atomic mass is 9.97. The minimum absolute atomic E-state index is 0.0385. The highest BCUT2D eigenvalue weighted by Gasteiger charge is 2.24. The van der Waals surface area contributed by atoms with Crippen LogP contribution in [0, 0.1) is 5.92 Å². The highest BCUT2D eigenvalue weighted by Crippen LogP contribution is 2.18. The number of methoxy groups -OCH3 is 1. The molecule has 0 aliphatic rings. The Morgan fingerprint density at radius 1 is 1.20 bits per heavy atom. The number of amides is 1. The van der Waals surface area contributed by atoms with Crippen molar-refractivity contribution in [3.8, 4) is 0 Å². The molecular weight excluding hydrogens is 320 g/mol. The predicted octanol–water partition coefficient (Wildman–Crippen LogP) is 4.20. The van der Waals surface area contributed by atoms with Gasteiger partial charge in [0.05, 0.1) is 13.7 Å². The van der Waals surface area contributed by atoms with Gasteiger partial charge in [0.25, 0.3) is 0 Å². The zero-order valence-corrected chi connectivity index (χ0v) is 16.0. The number of carbonyl (C=O) groups is 2. The number of nitrogens with zero attached hydrogens (tertiary/aromatic N) is 2. The molecule has 6 nitrogen and oxygen atoms in total. The molecule has 0 saturated carbocycles. The minimum Gasteiger partial charge on any atom is -0.464 e. The molecule has 1 atom stereocenters. The largest absolute Gasteiger partial charge is 0.464 e. The van der Waals surface area contributed by atoms with E-state index in [4.69, 9.17) is 4.42 Å². The molecule has 0 bridgehead atoms. The summed E-state index contributed by atoms with van der Waals surface area (Å²) in [5, 5.41) is 0. The Morgan fingerprint density at radius 2 is 1.92 bits per heavy atom. The normalized spacial score (nSPS) is 12.0. The molecule has 1 rings (SSSR count). The van der Waals surface area contributed by atoms with Crippen LogP contribution in [0.2, 0.25) is 0 Å². The molecule has 1 heterocycles. The van der Waals surface area contributed by atoms with Crippen LogP contribution < -0.4 is 0 Å². The van der Waals surface area contributed by atoms with E-state index in [9.17, 15) is 9.59 Å². The Labute approximate surface area is 150 Å². The van der Waals surface area contributed by atoms with Gasteiger partial charge in [0.2, 0.25) is 11.8 Å². The lowest BCUT2D eigenvalue weighted by molar-refractivity contribution is -0.137. The fraction of sp³-hybridized carbons (Fsp3) is 0.737. The van der Waals surface area contributed by atoms with Gasteiger partial charge in [-0.2, -0.15) is 0 Å². The molecule has 6 heteroatoms. The van der Waals surface area contributed by atoms with Crippen molar-refractivity contribution in [2.45, 2.75) is 72.3 Å². The SMILES string of the molecule is CCCCCN(Cc1nc(C(=O)OC)co1)C(=O)[C@@H](CC)CCCC. The van der Waals surface area contributed by atoms with Gasteiger partial charge in [0, 0.05) is 12.5 Å². The molecular formula is C19H32N2O4. The molecule has 0 unspecified atom stereocenters. The van der Waals surface area contributed by atoms with Crippen molar-refractivity contribution in [1.29, 1.82) is 0 Å². The third-order valence-corrected chi connectivity index (χ3v) is 4.36. The Balaban J connectivity index is 2.82. The van der Waals surface area contributed by atoms with E-state index < -0.39 is 5.97 Å². The van der Waals surface area contributed by atoms with Gasteiger partial charge in [-0.05, 0) is 19.3 Å². The molecule has 1 aromatic rings. The number of hydrogen-bond acceptors (Lipinski definition) is 5. The summed E-state index contributed by atoms with van der Waals surface area (Å²) in [4.78, 5) is 30.4. The number of hydrogen-bond donors (Lipinski definition) is 0. The second kappa shape index (κ2) is 11.7. The zero-order valence-electron chi connectivity index (χ0n) is 16.0. The van der Waals surface area contributed by atoms with Gasteiger partial charge in [-0.15, -0.1) is 0 Å². The van der Waals surface area contributed by atoms with E-state index in [1.807, 2.05) is 4.90 Å². The number of aromatic nitrogens is 1.